The van der Waals surface area contributed by atoms with Crippen molar-refractivity contribution < 1.29 is 9.90 Å². The molecule has 118 valence electrons. The van der Waals surface area contributed by atoms with Gasteiger partial charge < -0.3 is 5.11 Å². The van der Waals surface area contributed by atoms with E-state index in [1.165, 1.54) is 5.56 Å². The van der Waals surface area contributed by atoms with Crippen LogP contribution >= 0.6 is 23.2 Å². The van der Waals surface area contributed by atoms with Crippen molar-refractivity contribution in [3.8, 4) is 5.75 Å². The highest BCUT2D eigenvalue weighted by Crippen LogP contribution is 2.60. The van der Waals surface area contributed by atoms with Crippen molar-refractivity contribution in [2.45, 2.75) is 51.4 Å². The fraction of sp³-hybridized carbons (Fsp3) is 0.611. The number of benzene rings is 1. The summed E-state index contributed by atoms with van der Waals surface area (Å²) in [5.41, 5.74) is 2.17. The van der Waals surface area contributed by atoms with Gasteiger partial charge in [-0.2, -0.15) is 0 Å². The van der Waals surface area contributed by atoms with Gasteiger partial charge in [0.1, 0.15) is 5.78 Å². The van der Waals surface area contributed by atoms with Gasteiger partial charge in [-0.1, -0.05) is 30.1 Å². The molecule has 0 amide bonds. The minimum Gasteiger partial charge on any atom is -0.505 e. The number of rotatable bonds is 0. The molecule has 0 aromatic heterocycles. The molecule has 0 saturated heterocycles. The number of halogens is 2. The van der Waals surface area contributed by atoms with Gasteiger partial charge >= 0.3 is 0 Å². The normalized spacial score (nSPS) is 36.7. The maximum absolute atomic E-state index is 12.3. The number of aromatic hydroxyl groups is 1. The summed E-state index contributed by atoms with van der Waals surface area (Å²) in [7, 11) is 0. The molecule has 4 heteroatoms. The lowest BCUT2D eigenvalue weighted by Crippen LogP contribution is -2.42. The molecule has 0 bridgehead atoms. The number of fused-ring (bicyclic) bond motifs is 5. The summed E-state index contributed by atoms with van der Waals surface area (Å²) in [4.78, 5) is 12.3. The summed E-state index contributed by atoms with van der Waals surface area (Å²) < 4.78 is 0. The number of ketones is 1. The Morgan fingerprint density at radius 2 is 2.00 bits per heavy atom. The highest BCUT2D eigenvalue weighted by atomic mass is 35.5. The molecule has 2 saturated carbocycles. The highest BCUT2D eigenvalue weighted by molar-refractivity contribution is 6.37. The monoisotopic (exact) mass is 338 g/mol. The van der Waals surface area contributed by atoms with Gasteiger partial charge in [0.15, 0.2) is 5.75 Å². The van der Waals surface area contributed by atoms with Crippen molar-refractivity contribution in [1.82, 2.24) is 0 Å². The van der Waals surface area contributed by atoms with Crippen molar-refractivity contribution >= 4 is 29.0 Å². The third-order valence-electron chi connectivity index (χ3n) is 6.60. The zero-order chi connectivity index (χ0) is 15.6. The molecule has 0 heterocycles. The maximum atomic E-state index is 12.3. The van der Waals surface area contributed by atoms with Crippen LogP contribution in [0.2, 0.25) is 10.0 Å². The third-order valence-corrected chi connectivity index (χ3v) is 7.30. The van der Waals surface area contributed by atoms with Gasteiger partial charge in [-0.15, -0.1) is 0 Å². The fourth-order valence-corrected chi connectivity index (χ4v) is 5.98. The zero-order valence-corrected chi connectivity index (χ0v) is 14.2. The first kappa shape index (κ1) is 14.8. The van der Waals surface area contributed by atoms with E-state index in [0.29, 0.717) is 33.6 Å². The number of carbonyl (C=O) groups excluding carboxylic acids is 1. The first-order valence-electron chi connectivity index (χ1n) is 8.16. The van der Waals surface area contributed by atoms with Gasteiger partial charge in [-0.3, -0.25) is 4.79 Å². The van der Waals surface area contributed by atoms with Crippen LogP contribution < -0.4 is 0 Å². The van der Waals surface area contributed by atoms with Crippen LogP contribution in [0.4, 0.5) is 0 Å². The van der Waals surface area contributed by atoms with E-state index in [0.717, 1.165) is 44.1 Å². The molecule has 2 fully saturated rings. The number of Topliss-reactive ketones (excluding diaryl/α,β-unsaturated/α-hetero) is 1. The summed E-state index contributed by atoms with van der Waals surface area (Å²) >= 11 is 12.5. The van der Waals surface area contributed by atoms with Gasteiger partial charge in [0, 0.05) is 11.8 Å². The minimum atomic E-state index is -0.108. The van der Waals surface area contributed by atoms with Crippen molar-refractivity contribution in [2.24, 2.45) is 17.3 Å². The van der Waals surface area contributed by atoms with E-state index < -0.39 is 0 Å². The second-order valence-electron chi connectivity index (χ2n) is 7.42. The Bertz CT molecular complexity index is 670. The van der Waals surface area contributed by atoms with Gasteiger partial charge in [-0.05, 0) is 67.1 Å². The van der Waals surface area contributed by atoms with Crippen molar-refractivity contribution in [1.29, 1.82) is 0 Å². The zero-order valence-electron chi connectivity index (χ0n) is 12.7. The van der Waals surface area contributed by atoms with Crippen LogP contribution in [0.1, 0.15) is 56.1 Å². The summed E-state index contributed by atoms with van der Waals surface area (Å²) in [6.07, 6.45) is 5.70. The Kier molecular flexibility index (Phi) is 3.29. The predicted octanol–water partition coefficient (Wildman–Crippen LogP) is 5.12. The summed E-state index contributed by atoms with van der Waals surface area (Å²) in [6, 6.07) is 1.91. The molecule has 4 atom stereocenters. The molecule has 0 radical (unpaired) electrons. The molecule has 4 rings (SSSR count). The third kappa shape index (κ3) is 1.83. The molecule has 0 spiro atoms. The second kappa shape index (κ2) is 4.88. The second-order valence-corrected chi connectivity index (χ2v) is 8.21. The van der Waals surface area contributed by atoms with Crippen molar-refractivity contribution in [3.63, 3.8) is 0 Å². The Morgan fingerprint density at radius 1 is 1.23 bits per heavy atom. The molecule has 0 aliphatic heterocycles. The minimum absolute atomic E-state index is 0.0113. The quantitative estimate of drug-likeness (QED) is 0.712. The molecule has 3 unspecified atom stereocenters. The molecule has 1 N–H and O–H groups in total. The number of phenolic OH excluding ortho intramolecular Hbond substituents is 1. The van der Waals surface area contributed by atoms with E-state index in [9.17, 15) is 9.90 Å². The topological polar surface area (TPSA) is 37.3 Å². The SMILES string of the molecule is C[C@]12CCC3c4cc(Cl)c(O)c(Cl)c4CCC3C1CCC2=O. The Hall–Kier alpha value is -0.730. The molecule has 1 aromatic carbocycles. The van der Waals surface area contributed by atoms with Gasteiger partial charge in [0.2, 0.25) is 0 Å². The van der Waals surface area contributed by atoms with Crippen LogP contribution in [0, 0.1) is 17.3 Å². The van der Waals surface area contributed by atoms with E-state index in [4.69, 9.17) is 23.2 Å². The average molecular weight is 339 g/mol. The van der Waals surface area contributed by atoms with Crippen LogP contribution in [0.3, 0.4) is 0 Å². The van der Waals surface area contributed by atoms with E-state index in [-0.39, 0.29) is 11.2 Å². The summed E-state index contributed by atoms with van der Waals surface area (Å²) in [5.74, 6) is 1.96. The number of hydrogen-bond acceptors (Lipinski definition) is 2. The Morgan fingerprint density at radius 3 is 2.77 bits per heavy atom. The lowest BCUT2D eigenvalue weighted by Gasteiger charge is -2.48. The van der Waals surface area contributed by atoms with Crippen LogP contribution in [0.15, 0.2) is 6.07 Å². The number of carbonyl (C=O) groups is 1. The van der Waals surface area contributed by atoms with E-state index >= 15 is 0 Å². The number of phenols is 1. The van der Waals surface area contributed by atoms with Crippen LogP contribution in [-0.2, 0) is 11.2 Å². The molecule has 3 aliphatic rings. The van der Waals surface area contributed by atoms with Gasteiger partial charge in [0.25, 0.3) is 0 Å². The van der Waals surface area contributed by atoms with Crippen LogP contribution in [0.5, 0.6) is 5.75 Å². The van der Waals surface area contributed by atoms with E-state index in [1.807, 2.05) is 6.07 Å². The van der Waals surface area contributed by atoms with Crippen molar-refractivity contribution in [2.75, 3.05) is 0 Å². The number of hydrogen-bond donors (Lipinski definition) is 1. The van der Waals surface area contributed by atoms with E-state index in [2.05, 4.69) is 6.92 Å². The molecular weight excluding hydrogens is 319 g/mol. The first-order valence-corrected chi connectivity index (χ1v) is 8.92. The Balaban J connectivity index is 1.78. The highest BCUT2D eigenvalue weighted by Gasteiger charge is 2.54. The standard InChI is InChI=1S/C18H20Cl2O2/c1-18-7-6-9-10(13(18)4-5-15(18)21)2-3-11-12(9)8-14(19)17(22)16(11)20/h8-10,13,22H,2-7H2,1H3/t9?,10?,13?,18-/m0/s1. The smallest absolute Gasteiger partial charge is 0.153 e. The summed E-state index contributed by atoms with van der Waals surface area (Å²) in [5, 5.41) is 10.8. The maximum Gasteiger partial charge on any atom is 0.153 e. The summed E-state index contributed by atoms with van der Waals surface area (Å²) in [6.45, 7) is 2.18. The predicted molar refractivity (Wildman–Crippen MR) is 87.8 cm³/mol. The van der Waals surface area contributed by atoms with Crippen LogP contribution in [0.25, 0.3) is 0 Å². The van der Waals surface area contributed by atoms with Gasteiger partial charge in [0.05, 0.1) is 10.0 Å². The van der Waals surface area contributed by atoms with E-state index in [1.54, 1.807) is 0 Å². The molecule has 22 heavy (non-hydrogen) atoms. The largest absolute Gasteiger partial charge is 0.505 e. The molecule has 1 aromatic rings. The van der Waals surface area contributed by atoms with Crippen LogP contribution in [-0.4, -0.2) is 10.9 Å². The Labute approximate surface area is 140 Å². The molecule has 3 aliphatic carbocycles. The lowest BCUT2D eigenvalue weighted by atomic mass is 9.55. The van der Waals surface area contributed by atoms with Gasteiger partial charge in [-0.25, -0.2) is 0 Å². The fourth-order valence-electron chi connectivity index (χ4n) is 5.41. The molecule has 2 nitrogen and oxygen atoms in total. The molecular formula is C18H20Cl2O2. The lowest BCUT2D eigenvalue weighted by molar-refractivity contribution is -0.129. The van der Waals surface area contributed by atoms with Crippen molar-refractivity contribution in [3.05, 3.63) is 27.2 Å². The average Bonchev–Trinajstić information content (AvgIpc) is 2.80. The first-order chi connectivity index (χ1) is 10.4.